The number of rotatable bonds is 5. The summed E-state index contributed by atoms with van der Waals surface area (Å²) in [6.07, 6.45) is 3.85. The normalized spacial score (nSPS) is 11.3. The van der Waals surface area contributed by atoms with Gasteiger partial charge in [0.15, 0.2) is 0 Å². The Morgan fingerprint density at radius 1 is 0.476 bits per heavy atom. The predicted molar refractivity (Wildman–Crippen MR) is 180 cm³/mol. The van der Waals surface area contributed by atoms with Crippen molar-refractivity contribution in [2.45, 2.75) is 0 Å². The molecule has 6 aromatic carbocycles. The van der Waals surface area contributed by atoms with Gasteiger partial charge in [0, 0.05) is 44.9 Å². The molecule has 198 valence electrons. The van der Waals surface area contributed by atoms with Crippen LogP contribution in [-0.2, 0) is 0 Å². The molecule has 0 N–H and O–H groups in total. The number of fused-ring (bicyclic) bond motifs is 4. The van der Waals surface area contributed by atoms with Gasteiger partial charge in [-0.2, -0.15) is 0 Å². The smallest absolute Gasteiger partial charge is 0.0538 e. The molecule has 8 aromatic rings. The largest absolute Gasteiger partial charge is 0.311 e. The van der Waals surface area contributed by atoms with Crippen molar-refractivity contribution in [2.75, 3.05) is 4.90 Å². The second-order valence-electron chi connectivity index (χ2n) is 10.5. The molecule has 0 bridgehead atoms. The lowest BCUT2D eigenvalue weighted by molar-refractivity contribution is 1.28. The lowest BCUT2D eigenvalue weighted by Crippen LogP contribution is -2.09. The summed E-state index contributed by atoms with van der Waals surface area (Å²) >= 11 is 1.81. The van der Waals surface area contributed by atoms with Crippen LogP contribution in [0, 0.1) is 0 Å². The Balaban J connectivity index is 1.17. The van der Waals surface area contributed by atoms with Gasteiger partial charge >= 0.3 is 0 Å². The molecule has 0 saturated heterocycles. The summed E-state index contributed by atoms with van der Waals surface area (Å²) in [7, 11) is 0. The van der Waals surface area contributed by atoms with Crippen molar-refractivity contribution in [2.24, 2.45) is 0 Å². The minimum absolute atomic E-state index is 1.12. The van der Waals surface area contributed by atoms with Crippen LogP contribution in [0.2, 0.25) is 0 Å². The van der Waals surface area contributed by atoms with Gasteiger partial charge in [0.2, 0.25) is 0 Å². The first kappa shape index (κ1) is 24.5. The van der Waals surface area contributed by atoms with Crippen LogP contribution in [-0.4, -0.2) is 4.98 Å². The summed E-state index contributed by atoms with van der Waals surface area (Å²) in [4.78, 5) is 6.66. The highest BCUT2D eigenvalue weighted by molar-refractivity contribution is 7.26. The second kappa shape index (κ2) is 10.3. The van der Waals surface area contributed by atoms with Crippen LogP contribution in [0.1, 0.15) is 0 Å². The van der Waals surface area contributed by atoms with Gasteiger partial charge in [-0.05, 0) is 81.6 Å². The first-order chi connectivity index (χ1) is 20.8. The third-order valence-corrected chi connectivity index (χ3v) is 9.15. The summed E-state index contributed by atoms with van der Waals surface area (Å²) in [6.45, 7) is 0. The minimum Gasteiger partial charge on any atom is -0.311 e. The maximum atomic E-state index is 4.34. The third-order valence-electron chi connectivity index (χ3n) is 7.96. The fourth-order valence-electron chi connectivity index (χ4n) is 5.87. The summed E-state index contributed by atoms with van der Waals surface area (Å²) in [5.41, 5.74) is 8.27. The molecule has 0 unspecified atom stereocenters. The Kier molecular flexibility index (Phi) is 6.02. The zero-order chi connectivity index (χ0) is 27.9. The second-order valence-corrected chi connectivity index (χ2v) is 11.5. The molecule has 0 aliphatic rings. The minimum atomic E-state index is 1.12. The van der Waals surface area contributed by atoms with Gasteiger partial charge in [-0.15, -0.1) is 11.3 Å². The molecule has 0 radical (unpaired) electrons. The molecule has 0 atom stereocenters. The lowest BCUT2D eigenvalue weighted by Gasteiger charge is -2.26. The van der Waals surface area contributed by atoms with E-state index in [0.29, 0.717) is 0 Å². The molecule has 3 heteroatoms. The number of para-hydroxylation sites is 1. The molecule has 2 aromatic heterocycles. The van der Waals surface area contributed by atoms with E-state index < -0.39 is 0 Å². The number of nitrogens with zero attached hydrogens (tertiary/aromatic N) is 2. The van der Waals surface area contributed by atoms with E-state index in [1.165, 1.54) is 53.2 Å². The topological polar surface area (TPSA) is 16.1 Å². The molecular formula is C39H26N2S. The molecule has 42 heavy (non-hydrogen) atoms. The highest BCUT2D eigenvalue weighted by Gasteiger charge is 2.14. The Hall–Kier alpha value is -5.25. The molecule has 0 aliphatic carbocycles. The molecule has 2 heterocycles. The van der Waals surface area contributed by atoms with E-state index in [2.05, 4.69) is 155 Å². The van der Waals surface area contributed by atoms with Crippen LogP contribution in [0.5, 0.6) is 0 Å². The first-order valence-electron chi connectivity index (χ1n) is 14.1. The van der Waals surface area contributed by atoms with Gasteiger partial charge in [0.1, 0.15) is 0 Å². The number of pyridine rings is 1. The van der Waals surface area contributed by atoms with Crippen molar-refractivity contribution >= 4 is 59.3 Å². The van der Waals surface area contributed by atoms with Gasteiger partial charge in [0.25, 0.3) is 0 Å². The summed E-state index contributed by atoms with van der Waals surface area (Å²) in [5.74, 6) is 0. The van der Waals surface area contributed by atoms with E-state index >= 15 is 0 Å². The molecule has 0 spiro atoms. The zero-order valence-corrected chi connectivity index (χ0v) is 23.6. The number of benzene rings is 6. The van der Waals surface area contributed by atoms with E-state index in [-0.39, 0.29) is 0 Å². The quantitative estimate of drug-likeness (QED) is 0.210. The third kappa shape index (κ3) is 4.32. The summed E-state index contributed by atoms with van der Waals surface area (Å²) < 4.78 is 2.52. The molecule has 0 amide bonds. The van der Waals surface area contributed by atoms with Crippen molar-refractivity contribution in [3.05, 3.63) is 158 Å². The predicted octanol–water partition coefficient (Wildman–Crippen LogP) is 11.4. The maximum absolute atomic E-state index is 4.34. The van der Waals surface area contributed by atoms with Crippen LogP contribution < -0.4 is 4.90 Å². The fourth-order valence-corrected chi connectivity index (χ4v) is 7.07. The molecule has 8 rings (SSSR count). The van der Waals surface area contributed by atoms with Crippen molar-refractivity contribution < 1.29 is 0 Å². The Bertz CT molecular complexity index is 2180. The zero-order valence-electron chi connectivity index (χ0n) is 22.8. The van der Waals surface area contributed by atoms with Gasteiger partial charge in [0.05, 0.1) is 4.70 Å². The molecule has 0 saturated carbocycles. The number of hydrogen-bond acceptors (Lipinski definition) is 3. The van der Waals surface area contributed by atoms with Gasteiger partial charge in [-0.1, -0.05) is 97.1 Å². The van der Waals surface area contributed by atoms with Crippen molar-refractivity contribution in [3.63, 3.8) is 0 Å². The highest BCUT2D eigenvalue weighted by atomic mass is 32.1. The Morgan fingerprint density at radius 2 is 1.14 bits per heavy atom. The average molecular weight is 555 g/mol. The number of anilines is 3. The Labute approximate surface area is 248 Å². The Morgan fingerprint density at radius 3 is 1.93 bits per heavy atom. The first-order valence-corrected chi connectivity index (χ1v) is 14.9. The monoisotopic (exact) mass is 554 g/mol. The van der Waals surface area contributed by atoms with Gasteiger partial charge < -0.3 is 4.90 Å². The van der Waals surface area contributed by atoms with E-state index in [0.717, 1.165) is 17.1 Å². The van der Waals surface area contributed by atoms with E-state index in [1.54, 1.807) is 0 Å². The maximum Gasteiger partial charge on any atom is 0.0538 e. The standard InChI is InChI=1S/C39H26N2S/c1-2-9-32(10-3-1)41(33-19-15-28(16-20-33)31-14-13-27-7-4-5-8-30(27)25-31)34-21-17-29(18-22-34)35-11-6-12-37-36-23-24-40-26-38(36)42-39(35)37/h1-26H. The summed E-state index contributed by atoms with van der Waals surface area (Å²) in [5, 5.41) is 5.08. The number of hydrogen-bond donors (Lipinski definition) is 0. The SMILES string of the molecule is c1ccc(N(c2ccc(-c3ccc4ccccc4c3)cc2)c2ccc(-c3cccc4c3sc3cnccc34)cc2)cc1. The van der Waals surface area contributed by atoms with Crippen molar-refractivity contribution in [1.82, 2.24) is 4.98 Å². The van der Waals surface area contributed by atoms with Gasteiger partial charge in [-0.3, -0.25) is 4.98 Å². The van der Waals surface area contributed by atoms with Crippen LogP contribution >= 0.6 is 11.3 Å². The molecule has 2 nitrogen and oxygen atoms in total. The van der Waals surface area contributed by atoms with E-state index in [9.17, 15) is 0 Å². The van der Waals surface area contributed by atoms with Crippen LogP contribution in [0.4, 0.5) is 17.1 Å². The number of thiophene rings is 1. The molecule has 0 aliphatic heterocycles. The van der Waals surface area contributed by atoms with Crippen molar-refractivity contribution in [3.8, 4) is 22.3 Å². The summed E-state index contributed by atoms with van der Waals surface area (Å²) in [6, 6.07) is 52.3. The highest BCUT2D eigenvalue weighted by Crippen LogP contribution is 2.41. The fraction of sp³-hybridized carbons (Fsp3) is 0. The van der Waals surface area contributed by atoms with Gasteiger partial charge in [-0.25, -0.2) is 0 Å². The molecular weight excluding hydrogens is 529 g/mol. The van der Waals surface area contributed by atoms with Crippen LogP contribution in [0.3, 0.4) is 0 Å². The molecule has 0 fully saturated rings. The van der Waals surface area contributed by atoms with Crippen LogP contribution in [0.15, 0.2) is 158 Å². The van der Waals surface area contributed by atoms with Crippen molar-refractivity contribution in [1.29, 1.82) is 0 Å². The number of aromatic nitrogens is 1. The van der Waals surface area contributed by atoms with Crippen LogP contribution in [0.25, 0.3) is 53.2 Å². The lowest BCUT2D eigenvalue weighted by atomic mass is 10.0. The van der Waals surface area contributed by atoms with E-state index in [1.807, 2.05) is 23.7 Å². The van der Waals surface area contributed by atoms with E-state index in [4.69, 9.17) is 0 Å². The average Bonchev–Trinajstić information content (AvgIpc) is 3.45.